The molecule has 1 atom stereocenters. The Balaban J connectivity index is 2.11. The van der Waals surface area contributed by atoms with Gasteiger partial charge in [-0.3, -0.25) is 9.78 Å². The minimum absolute atomic E-state index is 0.102. The van der Waals surface area contributed by atoms with E-state index in [0.717, 1.165) is 19.4 Å². The molecule has 100 valence electrons. The van der Waals surface area contributed by atoms with Crippen LogP contribution in [0.5, 0.6) is 0 Å². The van der Waals surface area contributed by atoms with E-state index in [2.05, 4.69) is 21.8 Å². The molecule has 1 aromatic heterocycles. The zero-order chi connectivity index (χ0) is 13.4. The Hall–Kier alpha value is -1.55. The second-order valence-corrected chi connectivity index (χ2v) is 5.53. The molecule has 5 heteroatoms. The molecule has 3 rings (SSSR count). The summed E-state index contributed by atoms with van der Waals surface area (Å²) in [5, 5.41) is 1.18. The van der Waals surface area contributed by atoms with Crippen LogP contribution in [0.3, 0.4) is 0 Å². The maximum atomic E-state index is 12.1. The van der Waals surface area contributed by atoms with Crippen molar-refractivity contribution in [3.05, 3.63) is 33.6 Å². The highest BCUT2D eigenvalue weighted by Gasteiger charge is 2.20. The van der Waals surface area contributed by atoms with Crippen molar-refractivity contribution in [1.82, 2.24) is 9.97 Å². The highest BCUT2D eigenvalue weighted by atomic mass is 35.5. The zero-order valence-electron chi connectivity index (χ0n) is 10.8. The number of halogens is 1. The highest BCUT2D eigenvalue weighted by molar-refractivity contribution is 6.31. The fourth-order valence-electron chi connectivity index (χ4n) is 2.65. The first-order valence-electron chi connectivity index (χ1n) is 6.61. The minimum atomic E-state index is -0.102. The van der Waals surface area contributed by atoms with Gasteiger partial charge in [-0.25, -0.2) is 4.98 Å². The molecular weight excluding hydrogens is 262 g/mol. The number of benzene rings is 1. The number of H-pyrrole nitrogens is 1. The molecule has 1 aliphatic heterocycles. The van der Waals surface area contributed by atoms with Crippen LogP contribution in [0, 0.1) is 0 Å². The van der Waals surface area contributed by atoms with Gasteiger partial charge in [0, 0.05) is 17.6 Å². The average molecular weight is 278 g/mol. The van der Waals surface area contributed by atoms with Crippen LogP contribution in [0.15, 0.2) is 23.0 Å². The van der Waals surface area contributed by atoms with Crippen molar-refractivity contribution in [3.8, 4) is 0 Å². The summed E-state index contributed by atoms with van der Waals surface area (Å²) in [6, 6.07) is 5.58. The SMILES string of the molecule is CC1CCCCN1c1nc2cc(Cl)ccc2c(=O)[nH]1. The number of hydrogen-bond donors (Lipinski definition) is 1. The van der Waals surface area contributed by atoms with Crippen LogP contribution in [0.4, 0.5) is 5.95 Å². The molecular formula is C14H16ClN3O. The molecule has 0 bridgehead atoms. The summed E-state index contributed by atoms with van der Waals surface area (Å²) in [6.07, 6.45) is 3.51. The molecule has 1 unspecified atom stereocenters. The van der Waals surface area contributed by atoms with Gasteiger partial charge in [0.25, 0.3) is 5.56 Å². The molecule has 1 N–H and O–H groups in total. The molecule has 2 heterocycles. The van der Waals surface area contributed by atoms with Crippen molar-refractivity contribution in [3.63, 3.8) is 0 Å². The normalized spacial score (nSPS) is 19.9. The van der Waals surface area contributed by atoms with Gasteiger partial charge in [0.15, 0.2) is 0 Å². The summed E-state index contributed by atoms with van der Waals surface area (Å²) in [5.74, 6) is 0.659. The first-order valence-corrected chi connectivity index (χ1v) is 6.99. The van der Waals surface area contributed by atoms with Gasteiger partial charge in [-0.1, -0.05) is 11.6 Å². The van der Waals surface area contributed by atoms with Gasteiger partial charge in [-0.15, -0.1) is 0 Å². The molecule has 19 heavy (non-hydrogen) atoms. The van der Waals surface area contributed by atoms with Gasteiger partial charge in [0.05, 0.1) is 10.9 Å². The monoisotopic (exact) mass is 277 g/mol. The Labute approximate surface area is 116 Å². The largest absolute Gasteiger partial charge is 0.340 e. The Kier molecular flexibility index (Phi) is 3.19. The minimum Gasteiger partial charge on any atom is -0.340 e. The highest BCUT2D eigenvalue weighted by Crippen LogP contribution is 2.22. The Bertz CT molecular complexity index is 667. The maximum Gasteiger partial charge on any atom is 0.260 e. The van der Waals surface area contributed by atoms with Crippen molar-refractivity contribution in [2.75, 3.05) is 11.4 Å². The average Bonchev–Trinajstić information content (AvgIpc) is 2.38. The number of aromatic amines is 1. The van der Waals surface area contributed by atoms with E-state index >= 15 is 0 Å². The predicted octanol–water partition coefficient (Wildman–Crippen LogP) is 2.96. The number of nitrogens with one attached hydrogen (secondary N) is 1. The fourth-order valence-corrected chi connectivity index (χ4v) is 2.82. The van der Waals surface area contributed by atoms with Crippen molar-refractivity contribution >= 4 is 28.5 Å². The third-order valence-electron chi connectivity index (χ3n) is 3.73. The second kappa shape index (κ2) is 4.85. The van der Waals surface area contributed by atoms with Gasteiger partial charge in [-0.05, 0) is 44.4 Å². The van der Waals surface area contributed by atoms with Crippen molar-refractivity contribution in [2.24, 2.45) is 0 Å². The number of fused-ring (bicyclic) bond motifs is 1. The standard InChI is InChI=1S/C14H16ClN3O/c1-9-4-2-3-7-18(9)14-16-12-8-10(15)5-6-11(12)13(19)17-14/h5-6,8-9H,2-4,7H2,1H3,(H,16,17,19). The first kappa shape index (κ1) is 12.5. The van der Waals surface area contributed by atoms with E-state index in [-0.39, 0.29) is 5.56 Å². The Morgan fingerprint density at radius 3 is 3.05 bits per heavy atom. The van der Waals surface area contributed by atoms with E-state index in [1.807, 2.05) is 0 Å². The van der Waals surface area contributed by atoms with E-state index in [1.165, 1.54) is 6.42 Å². The number of rotatable bonds is 1. The van der Waals surface area contributed by atoms with Crippen LogP contribution in [0.2, 0.25) is 5.02 Å². The van der Waals surface area contributed by atoms with Crippen molar-refractivity contribution in [1.29, 1.82) is 0 Å². The Morgan fingerprint density at radius 1 is 1.42 bits per heavy atom. The van der Waals surface area contributed by atoms with E-state index in [9.17, 15) is 4.79 Å². The molecule has 0 aliphatic carbocycles. The number of aromatic nitrogens is 2. The summed E-state index contributed by atoms with van der Waals surface area (Å²) in [6.45, 7) is 3.11. The van der Waals surface area contributed by atoms with E-state index in [0.29, 0.717) is 27.9 Å². The van der Waals surface area contributed by atoms with Gasteiger partial charge in [0.1, 0.15) is 0 Å². The molecule has 1 aliphatic rings. The second-order valence-electron chi connectivity index (χ2n) is 5.09. The third-order valence-corrected chi connectivity index (χ3v) is 3.97. The van der Waals surface area contributed by atoms with Crippen LogP contribution in [0.1, 0.15) is 26.2 Å². The van der Waals surface area contributed by atoms with Crippen LogP contribution in [-0.2, 0) is 0 Å². The quantitative estimate of drug-likeness (QED) is 0.872. The van der Waals surface area contributed by atoms with Crippen molar-refractivity contribution in [2.45, 2.75) is 32.2 Å². The van der Waals surface area contributed by atoms with Crippen LogP contribution >= 0.6 is 11.6 Å². The van der Waals surface area contributed by atoms with Gasteiger partial charge in [0.2, 0.25) is 5.95 Å². The summed E-state index contributed by atoms with van der Waals surface area (Å²) in [4.78, 5) is 21.7. The molecule has 1 saturated heterocycles. The maximum absolute atomic E-state index is 12.1. The lowest BCUT2D eigenvalue weighted by molar-refractivity contribution is 0.477. The molecule has 0 saturated carbocycles. The number of nitrogens with zero attached hydrogens (tertiary/aromatic N) is 2. The molecule has 0 radical (unpaired) electrons. The predicted molar refractivity (Wildman–Crippen MR) is 78.0 cm³/mol. The third kappa shape index (κ3) is 2.32. The lowest BCUT2D eigenvalue weighted by Crippen LogP contribution is -2.39. The van der Waals surface area contributed by atoms with Gasteiger partial charge < -0.3 is 4.90 Å². The summed E-state index contributed by atoms with van der Waals surface area (Å²) >= 11 is 5.97. The van der Waals surface area contributed by atoms with E-state index in [4.69, 9.17) is 11.6 Å². The van der Waals surface area contributed by atoms with E-state index in [1.54, 1.807) is 18.2 Å². The molecule has 1 fully saturated rings. The topological polar surface area (TPSA) is 49.0 Å². The molecule has 0 spiro atoms. The number of anilines is 1. The fraction of sp³-hybridized carbons (Fsp3) is 0.429. The number of hydrogen-bond acceptors (Lipinski definition) is 3. The molecule has 1 aromatic carbocycles. The van der Waals surface area contributed by atoms with Crippen LogP contribution in [-0.4, -0.2) is 22.6 Å². The zero-order valence-corrected chi connectivity index (χ0v) is 11.6. The number of piperidine rings is 1. The van der Waals surface area contributed by atoms with Crippen molar-refractivity contribution < 1.29 is 0 Å². The Morgan fingerprint density at radius 2 is 2.26 bits per heavy atom. The smallest absolute Gasteiger partial charge is 0.260 e. The first-order chi connectivity index (χ1) is 9.15. The van der Waals surface area contributed by atoms with E-state index < -0.39 is 0 Å². The lowest BCUT2D eigenvalue weighted by Gasteiger charge is -2.33. The molecule has 4 nitrogen and oxygen atoms in total. The van der Waals surface area contributed by atoms with Crippen LogP contribution in [0.25, 0.3) is 10.9 Å². The van der Waals surface area contributed by atoms with Crippen LogP contribution < -0.4 is 10.5 Å². The summed E-state index contributed by atoms with van der Waals surface area (Å²) in [7, 11) is 0. The van der Waals surface area contributed by atoms with Gasteiger partial charge >= 0.3 is 0 Å². The lowest BCUT2D eigenvalue weighted by atomic mass is 10.0. The molecule has 0 amide bonds. The summed E-state index contributed by atoms with van der Waals surface area (Å²) in [5.41, 5.74) is 0.554. The summed E-state index contributed by atoms with van der Waals surface area (Å²) < 4.78 is 0. The van der Waals surface area contributed by atoms with Gasteiger partial charge in [-0.2, -0.15) is 0 Å². The molecule has 2 aromatic rings.